The highest BCUT2D eigenvalue weighted by Gasteiger charge is 1.28. The van der Waals surface area contributed by atoms with E-state index in [-0.39, 0.29) is 6.90 Å². The Hall–Kier alpha value is -0.640. The first-order valence-corrected chi connectivity index (χ1v) is 0.827. The molecule has 4 heavy (non-hydrogen) atoms. The molecular formula is C3H4O. The van der Waals surface area contributed by atoms with Crippen molar-refractivity contribution in [2.45, 2.75) is 6.90 Å². The molecule has 0 amide bonds. The highest BCUT2D eigenvalue weighted by molar-refractivity contribution is 4.81. The zero-order valence-corrected chi connectivity index (χ0v) is 2.15. The molecule has 0 bridgehead atoms. The van der Waals surface area contributed by atoms with Crippen LogP contribution < -0.4 is 0 Å². The van der Waals surface area contributed by atoms with E-state index in [2.05, 4.69) is 5.92 Å². The third-order valence-corrected chi connectivity index (χ3v) is 0.0791. The fourth-order valence-electron chi connectivity index (χ4n) is 0. The normalized spacial score (nSPS) is 6.50. The summed E-state index contributed by atoms with van der Waals surface area (Å²) in [5, 5.41) is 7.59. The van der Waals surface area contributed by atoms with Crippen molar-refractivity contribution in [3.8, 4) is 12.0 Å². The zero-order valence-electron chi connectivity index (χ0n) is 3.15. The van der Waals surface area contributed by atoms with E-state index in [9.17, 15) is 0 Å². The highest BCUT2D eigenvalue weighted by atomic mass is 16.2. The maximum absolute atomic E-state index is 7.59. The summed E-state index contributed by atoms with van der Waals surface area (Å²) in [7, 11) is 0. The molecule has 0 atom stereocenters. The van der Waals surface area contributed by atoms with E-state index in [0.717, 1.165) is 0 Å². The van der Waals surface area contributed by atoms with Crippen LogP contribution in [-0.2, 0) is 0 Å². The Bertz CT molecular complexity index is 59.0. The molecular weight excluding hydrogens is 52.0 g/mol. The topological polar surface area (TPSA) is 20.2 Å². The van der Waals surface area contributed by atoms with E-state index in [1.165, 1.54) is 0 Å². The molecule has 0 saturated heterocycles. The lowest BCUT2D eigenvalue weighted by Gasteiger charge is -1.43. The molecule has 0 aromatic carbocycles. The van der Waals surface area contributed by atoms with Crippen LogP contribution in [0.15, 0.2) is 0 Å². The van der Waals surface area contributed by atoms with Crippen molar-refractivity contribution < 1.29 is 6.48 Å². The summed E-state index contributed by atoms with van der Waals surface area (Å²) in [5.74, 6) is 2.08. The van der Waals surface area contributed by atoms with Gasteiger partial charge >= 0.3 is 0 Å². The van der Waals surface area contributed by atoms with Gasteiger partial charge in [0.2, 0.25) is 0 Å². The van der Waals surface area contributed by atoms with Gasteiger partial charge in [0.15, 0.2) is 0 Å². The van der Waals surface area contributed by atoms with Gasteiger partial charge in [0.25, 0.3) is 0 Å². The van der Waals surface area contributed by atoms with Gasteiger partial charge in [-0.2, -0.15) is 0 Å². The van der Waals surface area contributed by atoms with Crippen molar-refractivity contribution in [2.75, 3.05) is 0 Å². The Morgan fingerprint density at radius 2 is 3.00 bits per heavy atom. The van der Waals surface area contributed by atoms with Gasteiger partial charge in [0.05, 0.1) is 0 Å². The van der Waals surface area contributed by atoms with Crippen molar-refractivity contribution in [1.82, 2.24) is 0 Å². The van der Waals surface area contributed by atoms with Crippen LogP contribution in [0.5, 0.6) is 0 Å². The Balaban J connectivity index is 2.81. The van der Waals surface area contributed by atoms with E-state index in [0.29, 0.717) is 0 Å². The minimum Gasteiger partial charge on any atom is -0.462 e. The van der Waals surface area contributed by atoms with E-state index >= 15 is 0 Å². The minimum atomic E-state index is -0.0174. The molecule has 0 aliphatic rings. The first-order valence-electron chi connectivity index (χ1n) is 1.53. The number of hydrogen-bond acceptors (Lipinski definition) is 1. The summed E-state index contributed by atoms with van der Waals surface area (Å²) in [4.78, 5) is 0. The maximum Gasteiger partial charge on any atom is 0.107 e. The third-order valence-electron chi connectivity index (χ3n) is 0.0791. The van der Waals surface area contributed by atoms with Crippen molar-refractivity contribution in [2.24, 2.45) is 0 Å². The Morgan fingerprint density at radius 3 is 3.00 bits per heavy atom. The van der Waals surface area contributed by atoms with Crippen molar-refractivity contribution in [1.29, 1.82) is 0 Å². The molecule has 0 aromatic rings. The van der Waals surface area contributed by atoms with Crippen LogP contribution in [-0.4, -0.2) is 5.11 Å². The van der Waals surface area contributed by atoms with Crippen LogP contribution in [0.3, 0.4) is 0 Å². The van der Waals surface area contributed by atoms with Gasteiger partial charge in [-0.1, -0.05) is 5.92 Å². The molecule has 0 radical (unpaired) electrons. The molecule has 0 aliphatic heterocycles. The van der Waals surface area contributed by atoms with Crippen molar-refractivity contribution >= 4 is 0 Å². The van der Waals surface area contributed by atoms with Gasteiger partial charge in [-0.25, -0.2) is 0 Å². The number of aliphatic hydroxyl groups is 1. The summed E-state index contributed by atoms with van der Waals surface area (Å²) in [6.45, 7) is -0.0174. The standard InChI is InChI=1S/C3H4O/c1-2-3-4/h4H,1H3/i1T. The third kappa shape index (κ3) is 1.36. The van der Waals surface area contributed by atoms with Crippen LogP contribution in [0.25, 0.3) is 0 Å². The lowest BCUT2D eigenvalue weighted by Crippen LogP contribution is -1.38. The number of aliphatic hydroxyl groups excluding tert-OH is 1. The molecule has 1 N–H and O–H groups in total. The number of rotatable bonds is 0. The molecule has 0 saturated carbocycles. The second kappa shape index (κ2) is 2.36. The van der Waals surface area contributed by atoms with E-state index in [1.54, 1.807) is 6.11 Å². The lowest BCUT2D eigenvalue weighted by atomic mass is 10.8. The molecule has 0 rings (SSSR count). The Kier molecular flexibility index (Phi) is 0.978. The van der Waals surface area contributed by atoms with Gasteiger partial charge in [-0.15, -0.1) is 0 Å². The fraction of sp³-hybridized carbons (Fsp3) is 0.333. The smallest absolute Gasteiger partial charge is 0.107 e. The van der Waals surface area contributed by atoms with Crippen LogP contribution >= 0.6 is 0 Å². The van der Waals surface area contributed by atoms with Gasteiger partial charge in [0.1, 0.15) is 6.11 Å². The summed E-state index contributed by atoms with van der Waals surface area (Å²) in [5.41, 5.74) is 0. The summed E-state index contributed by atoms with van der Waals surface area (Å²) < 4.78 is 6.27. The SMILES string of the molecule is [3H]CC#CO. The first-order chi connectivity index (χ1) is 2.41. The van der Waals surface area contributed by atoms with E-state index in [4.69, 9.17) is 6.48 Å². The second-order valence-electron chi connectivity index (χ2n) is 0.289. The molecule has 1 heteroatoms. The predicted molar refractivity (Wildman–Crippen MR) is 15.4 cm³/mol. The first kappa shape index (κ1) is 1.66. The van der Waals surface area contributed by atoms with Gasteiger partial charge < -0.3 is 5.11 Å². The van der Waals surface area contributed by atoms with Gasteiger partial charge in [-0.3, -0.25) is 0 Å². The Morgan fingerprint density at radius 1 is 2.25 bits per heavy atom. The average Bonchev–Trinajstić information content (AvgIpc) is 1.41. The Labute approximate surface area is 26.7 Å². The second-order valence-corrected chi connectivity index (χ2v) is 0.289. The lowest BCUT2D eigenvalue weighted by molar-refractivity contribution is 0.517. The summed E-state index contributed by atoms with van der Waals surface area (Å²) >= 11 is 0. The summed E-state index contributed by atoms with van der Waals surface area (Å²) in [6, 6.07) is 0. The number of hydrogen-bond donors (Lipinski definition) is 1. The summed E-state index contributed by atoms with van der Waals surface area (Å²) in [6.07, 6.45) is 1.58. The molecule has 1 nitrogen and oxygen atoms in total. The fourth-order valence-corrected chi connectivity index (χ4v) is 0. The van der Waals surface area contributed by atoms with Gasteiger partial charge in [-0.05, 0) is 0 Å². The maximum atomic E-state index is 7.59. The van der Waals surface area contributed by atoms with Gasteiger partial charge in [0, 0.05) is 8.27 Å². The highest BCUT2D eigenvalue weighted by Crippen LogP contribution is 1.33. The molecule has 0 spiro atoms. The molecule has 0 unspecified atom stereocenters. The zero-order chi connectivity index (χ0) is 4.12. The minimum absolute atomic E-state index is 0.0174. The van der Waals surface area contributed by atoms with Crippen molar-refractivity contribution in [3.05, 3.63) is 0 Å². The van der Waals surface area contributed by atoms with Crippen LogP contribution in [0, 0.1) is 12.0 Å². The van der Waals surface area contributed by atoms with Crippen LogP contribution in [0.1, 0.15) is 8.27 Å². The molecule has 0 aliphatic carbocycles. The predicted octanol–water partition coefficient (Wildman–Crippen LogP) is 0.340. The molecule has 22 valence electrons. The monoisotopic (exact) mass is 58.0 g/mol. The average molecular weight is 58.1 g/mol. The molecule has 0 heterocycles. The van der Waals surface area contributed by atoms with Crippen LogP contribution in [0.2, 0.25) is 0 Å². The van der Waals surface area contributed by atoms with Crippen LogP contribution in [0.4, 0.5) is 0 Å². The van der Waals surface area contributed by atoms with E-state index < -0.39 is 0 Å². The van der Waals surface area contributed by atoms with E-state index in [1.807, 2.05) is 0 Å². The quantitative estimate of drug-likeness (QED) is 0.398. The largest absolute Gasteiger partial charge is 0.462 e. The molecule has 0 fully saturated rings. The molecule has 0 aromatic heterocycles. The van der Waals surface area contributed by atoms with Crippen molar-refractivity contribution in [3.63, 3.8) is 0 Å².